The molecule has 0 N–H and O–H groups in total. The standard InChI is InChI=1S/C50H30O/c1-2-13-33-29-34(22-21-31(33)11-1)36-26-27-44(39-16-6-5-15-38(36)39)49-42-19-9-7-17-40(42)48(41-18-8-10-20-43(41)49)35-24-28-47-46(30-35)45-25-23-32-12-3-4-14-37(32)50(45)51-47/h1-30H/i1D,2D,3D,4D,5D,6D,7D,9D,11D,12D,13D,14D,15D,16D,17D,18D,19D,20D,21D,22D,23D,24D,25D,26D,27D,28D,29D,30D. The van der Waals surface area contributed by atoms with Gasteiger partial charge in [0.2, 0.25) is 0 Å². The lowest BCUT2D eigenvalue weighted by Crippen LogP contribution is -1.92. The molecule has 0 aliphatic carbocycles. The van der Waals surface area contributed by atoms with Gasteiger partial charge in [-0.1, -0.05) is 157 Å². The van der Waals surface area contributed by atoms with Crippen LogP contribution in [0.1, 0.15) is 38.4 Å². The Bertz CT molecular complexity index is 4810. The molecule has 0 spiro atoms. The molecule has 1 heterocycles. The van der Waals surface area contributed by atoms with Gasteiger partial charge < -0.3 is 4.42 Å². The molecule has 10 aromatic carbocycles. The van der Waals surface area contributed by atoms with Crippen LogP contribution in [0.3, 0.4) is 0 Å². The van der Waals surface area contributed by atoms with Gasteiger partial charge in [-0.2, -0.15) is 0 Å². The maximum absolute atomic E-state index is 9.91. The molecule has 0 radical (unpaired) electrons. The lowest BCUT2D eigenvalue weighted by Gasteiger charge is -2.20. The fourth-order valence-corrected chi connectivity index (χ4v) is 6.48. The summed E-state index contributed by atoms with van der Waals surface area (Å²) < 4.78 is 261. The fourth-order valence-electron chi connectivity index (χ4n) is 6.48. The summed E-state index contributed by atoms with van der Waals surface area (Å²) in [5, 5.41) is -6.63. The van der Waals surface area contributed by atoms with E-state index in [1.165, 1.54) is 0 Å². The Morgan fingerprint density at radius 2 is 0.902 bits per heavy atom. The van der Waals surface area contributed by atoms with Gasteiger partial charge in [0, 0.05) is 16.2 Å². The molecule has 1 nitrogen and oxygen atoms in total. The number of hydrogen-bond acceptors (Lipinski definition) is 1. The summed E-state index contributed by atoms with van der Waals surface area (Å²) in [5.41, 5.74) is -5.12. The van der Waals surface area contributed by atoms with Gasteiger partial charge in [0.1, 0.15) is 11.2 Å². The number of hydrogen-bond donors (Lipinski definition) is 0. The molecular formula is C50H30O. The van der Waals surface area contributed by atoms with Crippen LogP contribution in [0.15, 0.2) is 186 Å². The third kappa shape index (κ3) is 4.22. The Morgan fingerprint density at radius 1 is 0.333 bits per heavy atom. The van der Waals surface area contributed by atoms with Crippen LogP contribution in [0.5, 0.6) is 0 Å². The van der Waals surface area contributed by atoms with Gasteiger partial charge in [0.15, 0.2) is 0 Å². The van der Waals surface area contributed by atoms with E-state index in [-0.39, 0.29) is 0 Å². The van der Waals surface area contributed by atoms with Crippen LogP contribution in [-0.4, -0.2) is 0 Å². The molecule has 51 heavy (non-hydrogen) atoms. The van der Waals surface area contributed by atoms with E-state index in [9.17, 15) is 17.8 Å². The zero-order valence-corrected chi connectivity index (χ0v) is 25.6. The molecule has 0 aliphatic rings. The van der Waals surface area contributed by atoms with Crippen molar-refractivity contribution in [2.45, 2.75) is 0 Å². The largest absolute Gasteiger partial charge is 0.455 e. The lowest BCUT2D eigenvalue weighted by molar-refractivity contribution is 0.672. The minimum absolute atomic E-state index is 0.394. The van der Waals surface area contributed by atoms with Crippen molar-refractivity contribution in [3.63, 3.8) is 0 Å². The van der Waals surface area contributed by atoms with Gasteiger partial charge in [0.05, 0.1) is 38.4 Å². The molecule has 0 saturated carbocycles. The third-order valence-electron chi connectivity index (χ3n) is 8.66. The molecule has 236 valence electrons. The second-order valence-corrected chi connectivity index (χ2v) is 11.4. The summed E-state index contributed by atoms with van der Waals surface area (Å²) in [6.45, 7) is 0. The second-order valence-electron chi connectivity index (χ2n) is 11.4. The predicted molar refractivity (Wildman–Crippen MR) is 218 cm³/mol. The van der Waals surface area contributed by atoms with Crippen LogP contribution in [0.4, 0.5) is 0 Å². The normalized spacial score (nSPS) is 19.6. The first-order valence-electron chi connectivity index (χ1n) is 29.3. The van der Waals surface area contributed by atoms with Crippen molar-refractivity contribution in [1.82, 2.24) is 0 Å². The topological polar surface area (TPSA) is 13.1 Å². The van der Waals surface area contributed by atoms with Crippen molar-refractivity contribution in [2.24, 2.45) is 0 Å². The van der Waals surface area contributed by atoms with Gasteiger partial charge >= 0.3 is 0 Å². The maximum atomic E-state index is 9.91. The Morgan fingerprint density at radius 3 is 1.71 bits per heavy atom. The van der Waals surface area contributed by atoms with E-state index >= 15 is 0 Å². The second kappa shape index (κ2) is 10.9. The molecule has 11 aromatic rings. The number of furan rings is 1. The van der Waals surface area contributed by atoms with Gasteiger partial charge in [0.25, 0.3) is 0 Å². The van der Waals surface area contributed by atoms with E-state index in [2.05, 4.69) is 0 Å². The highest BCUT2D eigenvalue weighted by molar-refractivity contribution is 6.25. The Balaban J connectivity index is 1.40. The SMILES string of the molecule is [2H]c1c(-c2c3c([2H])ccc([2H])c3c(-c3c([2H])c([2H])c(-c4c([2H])c([2H])c5c([2H])c([2H])c([2H])c([2H])c5c4[2H])c4c([2H])c([2H])c([2H])c([2H])c34)c3c([2H])c([2H])c([2H])c([2H])c23)c([2H])c2c(oc3c4c([2H])c([2H])c([2H])c([2H])c4c([2H])c([2H])c32)c1[2H]. The van der Waals surface area contributed by atoms with Gasteiger partial charge in [-0.25, -0.2) is 0 Å². The molecule has 0 amide bonds. The molecule has 1 aromatic heterocycles. The molecule has 0 unspecified atom stereocenters. The van der Waals surface area contributed by atoms with Crippen LogP contribution in [0, 0.1) is 0 Å². The van der Waals surface area contributed by atoms with Crippen LogP contribution in [-0.2, 0) is 0 Å². The molecule has 0 saturated heterocycles. The fraction of sp³-hybridized carbons (Fsp3) is 0. The zero-order valence-electron chi connectivity index (χ0n) is 53.6. The number of benzene rings is 10. The van der Waals surface area contributed by atoms with E-state index in [1.807, 2.05) is 0 Å². The van der Waals surface area contributed by atoms with Gasteiger partial charge in [-0.3, -0.25) is 0 Å². The van der Waals surface area contributed by atoms with Gasteiger partial charge in [-0.15, -0.1) is 0 Å². The van der Waals surface area contributed by atoms with E-state index in [4.69, 9.17) is 25.0 Å². The molecule has 11 rings (SSSR count). The van der Waals surface area contributed by atoms with Crippen molar-refractivity contribution < 1.29 is 42.8 Å². The molecule has 0 bridgehead atoms. The van der Waals surface area contributed by atoms with Gasteiger partial charge in [-0.05, 0) is 106 Å². The molecular weight excluding hydrogens is 617 g/mol. The average Bonchev–Trinajstić information content (AvgIpc) is 4.09. The maximum Gasteiger partial charge on any atom is 0.143 e. The first-order chi connectivity index (χ1) is 37.0. The first kappa shape index (κ1) is 12.3. The van der Waals surface area contributed by atoms with E-state index in [1.54, 1.807) is 0 Å². The highest BCUT2D eigenvalue weighted by atomic mass is 16.3. The Kier molecular flexibility index (Phi) is 2.62. The van der Waals surface area contributed by atoms with Crippen LogP contribution in [0.25, 0.3) is 109 Å². The number of rotatable bonds is 3. The predicted octanol–water partition coefficient (Wildman–Crippen LogP) is 14.4. The quantitative estimate of drug-likeness (QED) is 0.170. The Labute approximate surface area is 334 Å². The lowest BCUT2D eigenvalue weighted by atomic mass is 9.83. The van der Waals surface area contributed by atoms with Crippen molar-refractivity contribution in [3.05, 3.63) is 181 Å². The zero-order chi connectivity index (χ0) is 57.8. The highest BCUT2D eigenvalue weighted by Gasteiger charge is 2.20. The van der Waals surface area contributed by atoms with Crippen molar-refractivity contribution in [2.75, 3.05) is 0 Å². The third-order valence-corrected chi connectivity index (χ3v) is 8.66. The molecule has 0 atom stereocenters. The molecule has 1 heteroatoms. The average molecular weight is 675 g/mol. The summed E-state index contributed by atoms with van der Waals surface area (Å²) in [7, 11) is 0. The Hall–Kier alpha value is -6.70. The molecule has 0 fully saturated rings. The number of fused-ring (bicyclic) bond motifs is 9. The minimum atomic E-state index is -1.04. The van der Waals surface area contributed by atoms with Crippen molar-refractivity contribution in [1.29, 1.82) is 0 Å². The van der Waals surface area contributed by atoms with E-state index in [0.717, 1.165) is 12.1 Å². The van der Waals surface area contributed by atoms with Crippen molar-refractivity contribution in [3.8, 4) is 33.4 Å². The summed E-state index contributed by atoms with van der Waals surface area (Å²) in [6, 6.07) is -21.6. The first-order valence-corrected chi connectivity index (χ1v) is 15.3. The molecule has 0 aliphatic heterocycles. The van der Waals surface area contributed by atoms with Crippen LogP contribution in [0.2, 0.25) is 0 Å². The summed E-state index contributed by atoms with van der Waals surface area (Å²) in [5.74, 6) is 0. The highest BCUT2D eigenvalue weighted by Crippen LogP contribution is 2.47. The minimum Gasteiger partial charge on any atom is -0.455 e. The summed E-state index contributed by atoms with van der Waals surface area (Å²) >= 11 is 0. The van der Waals surface area contributed by atoms with E-state index in [0.29, 0.717) is 0 Å². The summed E-state index contributed by atoms with van der Waals surface area (Å²) in [4.78, 5) is 0. The smallest absolute Gasteiger partial charge is 0.143 e. The monoisotopic (exact) mass is 674 g/mol. The van der Waals surface area contributed by atoms with E-state index < -0.39 is 278 Å². The summed E-state index contributed by atoms with van der Waals surface area (Å²) in [6.07, 6.45) is 0. The van der Waals surface area contributed by atoms with Crippen molar-refractivity contribution >= 4 is 75.8 Å². The van der Waals surface area contributed by atoms with Crippen LogP contribution >= 0.6 is 0 Å². The van der Waals surface area contributed by atoms with Crippen LogP contribution < -0.4 is 0 Å².